The second kappa shape index (κ2) is 4.12. The maximum Gasteiger partial charge on any atom is 0.236 e. The fourth-order valence-corrected chi connectivity index (χ4v) is 2.43. The van der Waals surface area contributed by atoms with E-state index in [0.717, 1.165) is 5.56 Å². The fraction of sp³-hybridized carbons (Fsp3) is 0.300. The van der Waals surface area contributed by atoms with Gasteiger partial charge in [-0.3, -0.25) is 4.79 Å². The van der Waals surface area contributed by atoms with Crippen molar-refractivity contribution in [3.8, 4) is 5.75 Å². The first-order chi connectivity index (χ1) is 7.15. The lowest BCUT2D eigenvalue weighted by Crippen LogP contribution is -2.27. The van der Waals surface area contributed by atoms with Gasteiger partial charge in [-0.2, -0.15) is 0 Å². The molecule has 1 aromatic carbocycles. The number of hydrogen-bond acceptors (Lipinski definition) is 4. The number of aromatic hydroxyl groups is 1. The number of carbonyl (C=O) groups is 1. The number of carbonyl (C=O) groups excluding carboxylic acids is 1. The molecule has 2 rings (SSSR count). The van der Waals surface area contributed by atoms with Gasteiger partial charge < -0.3 is 15.5 Å². The first kappa shape index (κ1) is 10.3. The zero-order chi connectivity index (χ0) is 10.8. The molecule has 80 valence electrons. The predicted octanol–water partition coefficient (Wildman–Crippen LogP) is 0.442. The Morgan fingerprint density at radius 1 is 1.33 bits per heavy atom. The van der Waals surface area contributed by atoms with E-state index in [9.17, 15) is 9.90 Å². The van der Waals surface area contributed by atoms with Crippen molar-refractivity contribution in [3.63, 3.8) is 0 Å². The largest absolute Gasteiger partial charge is 0.508 e. The molecule has 3 N–H and O–H groups in total. The highest BCUT2D eigenvalue weighted by atomic mass is 32.2. The number of aliphatic hydroxyl groups excluding tert-OH is 1. The van der Waals surface area contributed by atoms with Gasteiger partial charge in [0.15, 0.2) is 5.56 Å². The normalized spacial score (nSPS) is 25.3. The van der Waals surface area contributed by atoms with Gasteiger partial charge in [0.1, 0.15) is 5.75 Å². The monoisotopic (exact) mass is 225 g/mol. The molecule has 1 aliphatic heterocycles. The molecule has 1 aromatic rings. The van der Waals surface area contributed by atoms with Crippen molar-refractivity contribution in [1.29, 1.82) is 0 Å². The van der Waals surface area contributed by atoms with Crippen LogP contribution in [0.25, 0.3) is 0 Å². The molecule has 0 bridgehead atoms. The van der Waals surface area contributed by atoms with Crippen LogP contribution in [0, 0.1) is 0 Å². The number of nitrogens with one attached hydrogen (secondary N) is 1. The smallest absolute Gasteiger partial charge is 0.236 e. The van der Waals surface area contributed by atoms with Crippen LogP contribution in [-0.4, -0.2) is 26.9 Å². The molecule has 5 heteroatoms. The summed E-state index contributed by atoms with van der Waals surface area (Å²) in [5.74, 6) is 0.0721. The van der Waals surface area contributed by atoms with Crippen molar-refractivity contribution in [2.45, 2.75) is 17.2 Å². The average Bonchev–Trinajstić information content (AvgIpc) is 2.49. The van der Waals surface area contributed by atoms with Gasteiger partial charge in [-0.1, -0.05) is 23.9 Å². The number of phenols is 1. The van der Waals surface area contributed by atoms with Crippen LogP contribution < -0.4 is 5.32 Å². The summed E-state index contributed by atoms with van der Waals surface area (Å²) in [5, 5.41) is 20.5. The lowest BCUT2D eigenvalue weighted by atomic mass is 10.1. The molecule has 0 radical (unpaired) electrons. The lowest BCUT2D eigenvalue weighted by molar-refractivity contribution is -0.121. The van der Waals surface area contributed by atoms with E-state index in [4.69, 9.17) is 5.11 Å². The highest BCUT2D eigenvalue weighted by molar-refractivity contribution is 8.01. The summed E-state index contributed by atoms with van der Waals surface area (Å²) in [7, 11) is 0. The Balaban J connectivity index is 2.03. The number of rotatable bonds is 2. The number of amides is 1. The molecule has 15 heavy (non-hydrogen) atoms. The first-order valence-corrected chi connectivity index (χ1v) is 5.51. The van der Waals surface area contributed by atoms with E-state index in [0.29, 0.717) is 6.42 Å². The summed E-state index contributed by atoms with van der Waals surface area (Å²) in [6.45, 7) is 0. The van der Waals surface area contributed by atoms with E-state index in [2.05, 4.69) is 5.32 Å². The van der Waals surface area contributed by atoms with Crippen molar-refractivity contribution >= 4 is 17.7 Å². The molecule has 0 aromatic heterocycles. The van der Waals surface area contributed by atoms with Crippen LogP contribution in [0.3, 0.4) is 0 Å². The third kappa shape index (κ3) is 2.43. The van der Waals surface area contributed by atoms with Crippen LogP contribution in [-0.2, 0) is 11.2 Å². The van der Waals surface area contributed by atoms with E-state index in [1.807, 2.05) is 0 Å². The molecular formula is C10H11NO3S. The van der Waals surface area contributed by atoms with E-state index in [1.165, 1.54) is 11.8 Å². The van der Waals surface area contributed by atoms with Gasteiger partial charge in [-0.15, -0.1) is 0 Å². The molecule has 2 unspecified atom stereocenters. The molecule has 2 atom stereocenters. The van der Waals surface area contributed by atoms with E-state index in [1.54, 1.807) is 24.3 Å². The van der Waals surface area contributed by atoms with Crippen molar-refractivity contribution in [1.82, 2.24) is 5.32 Å². The van der Waals surface area contributed by atoms with Gasteiger partial charge in [-0.05, 0) is 24.1 Å². The zero-order valence-corrected chi connectivity index (χ0v) is 8.70. The Labute approximate surface area is 91.3 Å². The van der Waals surface area contributed by atoms with Gasteiger partial charge in [0.25, 0.3) is 0 Å². The minimum absolute atomic E-state index is 0.138. The van der Waals surface area contributed by atoms with E-state index in [-0.39, 0.29) is 16.9 Å². The summed E-state index contributed by atoms with van der Waals surface area (Å²) in [6.07, 6.45) is 0.563. The SMILES string of the molecule is O=C1NC(O)SC1Cc1ccc(O)cc1. The Morgan fingerprint density at radius 3 is 2.53 bits per heavy atom. The molecular weight excluding hydrogens is 214 g/mol. The number of hydrogen-bond donors (Lipinski definition) is 3. The minimum atomic E-state index is -0.792. The van der Waals surface area contributed by atoms with Crippen LogP contribution in [0.15, 0.2) is 24.3 Å². The van der Waals surface area contributed by atoms with Crippen LogP contribution in [0.5, 0.6) is 5.75 Å². The molecule has 1 fully saturated rings. The van der Waals surface area contributed by atoms with Crippen molar-refractivity contribution in [2.75, 3.05) is 0 Å². The summed E-state index contributed by atoms with van der Waals surface area (Å²) in [6, 6.07) is 6.72. The van der Waals surface area contributed by atoms with Gasteiger partial charge in [0.05, 0.1) is 5.25 Å². The van der Waals surface area contributed by atoms with E-state index >= 15 is 0 Å². The number of thioether (sulfide) groups is 1. The van der Waals surface area contributed by atoms with Gasteiger partial charge >= 0.3 is 0 Å². The van der Waals surface area contributed by atoms with Crippen molar-refractivity contribution in [3.05, 3.63) is 29.8 Å². The van der Waals surface area contributed by atoms with Gasteiger partial charge in [0.2, 0.25) is 5.91 Å². The quantitative estimate of drug-likeness (QED) is 0.683. The van der Waals surface area contributed by atoms with Gasteiger partial charge in [-0.25, -0.2) is 0 Å². The highest BCUT2D eigenvalue weighted by Gasteiger charge is 2.31. The Kier molecular flexibility index (Phi) is 2.83. The zero-order valence-electron chi connectivity index (χ0n) is 7.88. The summed E-state index contributed by atoms with van der Waals surface area (Å²) in [5.41, 5.74) is 0.175. The average molecular weight is 225 g/mol. The standard InChI is InChI=1S/C10H11NO3S/c12-7-3-1-6(2-4-7)5-8-9(13)11-10(14)15-8/h1-4,8,10,12,14H,5H2,(H,11,13). The Hall–Kier alpha value is -1.20. The minimum Gasteiger partial charge on any atom is -0.508 e. The molecule has 1 saturated heterocycles. The predicted molar refractivity (Wildman–Crippen MR) is 57.3 cm³/mol. The molecule has 1 heterocycles. The van der Waals surface area contributed by atoms with E-state index < -0.39 is 5.56 Å². The highest BCUT2D eigenvalue weighted by Crippen LogP contribution is 2.25. The van der Waals surface area contributed by atoms with Crippen LogP contribution in [0.1, 0.15) is 5.56 Å². The molecule has 1 aliphatic rings. The van der Waals surface area contributed by atoms with Crippen LogP contribution in [0.4, 0.5) is 0 Å². The van der Waals surface area contributed by atoms with Crippen molar-refractivity contribution < 1.29 is 15.0 Å². The lowest BCUT2D eigenvalue weighted by Gasteiger charge is -2.05. The topological polar surface area (TPSA) is 69.6 Å². The first-order valence-electron chi connectivity index (χ1n) is 4.57. The van der Waals surface area contributed by atoms with Crippen LogP contribution >= 0.6 is 11.8 Å². The molecule has 1 amide bonds. The Bertz CT molecular complexity index is 365. The third-order valence-corrected chi connectivity index (χ3v) is 3.29. The second-order valence-corrected chi connectivity index (χ2v) is 4.64. The summed E-state index contributed by atoms with van der Waals surface area (Å²) >= 11 is 1.21. The maximum atomic E-state index is 11.3. The molecule has 0 spiro atoms. The molecule has 0 saturated carbocycles. The maximum absolute atomic E-state index is 11.3. The van der Waals surface area contributed by atoms with Crippen LogP contribution in [0.2, 0.25) is 0 Å². The molecule has 4 nitrogen and oxygen atoms in total. The van der Waals surface area contributed by atoms with Gasteiger partial charge in [0, 0.05) is 0 Å². The number of aliphatic hydroxyl groups is 1. The number of phenolic OH excluding ortho intramolecular Hbond substituents is 1. The second-order valence-electron chi connectivity index (χ2n) is 3.36. The Morgan fingerprint density at radius 2 is 2.00 bits per heavy atom. The summed E-state index contributed by atoms with van der Waals surface area (Å²) < 4.78 is 0. The van der Waals surface area contributed by atoms with Crippen molar-refractivity contribution in [2.24, 2.45) is 0 Å². The molecule has 0 aliphatic carbocycles. The number of benzene rings is 1. The summed E-state index contributed by atoms with van der Waals surface area (Å²) in [4.78, 5) is 11.3. The fourth-order valence-electron chi connectivity index (χ4n) is 1.45. The third-order valence-electron chi connectivity index (χ3n) is 2.21.